The first-order valence-electron chi connectivity index (χ1n) is 5.55. The summed E-state index contributed by atoms with van der Waals surface area (Å²) in [7, 11) is 0. The van der Waals surface area contributed by atoms with E-state index in [0.29, 0.717) is 5.56 Å². The highest BCUT2D eigenvalue weighted by Gasteiger charge is 2.16. The fraction of sp³-hybridized carbons (Fsp3) is 0.143. The molecule has 0 aliphatic rings. The molecule has 0 aliphatic carbocycles. The third kappa shape index (κ3) is 3.16. The highest BCUT2D eigenvalue weighted by molar-refractivity contribution is 9.10. The summed E-state index contributed by atoms with van der Waals surface area (Å²) in [5.74, 6) is -1.70. The van der Waals surface area contributed by atoms with Crippen molar-refractivity contribution >= 4 is 15.9 Å². The molecule has 0 fully saturated rings. The van der Waals surface area contributed by atoms with Crippen LogP contribution in [-0.4, -0.2) is 5.11 Å². The molecule has 100 valence electrons. The van der Waals surface area contributed by atoms with Crippen LogP contribution in [0.15, 0.2) is 40.9 Å². The number of hydrogen-bond donors (Lipinski definition) is 1. The minimum Gasteiger partial charge on any atom is -0.388 e. The molecule has 1 N–H and O–H groups in total. The fourth-order valence-corrected chi connectivity index (χ4v) is 2.32. The zero-order valence-corrected chi connectivity index (χ0v) is 11.3. The van der Waals surface area contributed by atoms with Gasteiger partial charge in [-0.1, -0.05) is 12.1 Å². The van der Waals surface area contributed by atoms with Crippen LogP contribution in [0.3, 0.4) is 0 Å². The summed E-state index contributed by atoms with van der Waals surface area (Å²) < 4.78 is 39.9. The van der Waals surface area contributed by atoms with Crippen molar-refractivity contribution in [2.75, 3.05) is 0 Å². The van der Waals surface area contributed by atoms with Crippen LogP contribution in [0.2, 0.25) is 0 Å². The standard InChI is InChI=1S/C14H10BrF3O/c15-14-10(2-1-3-12(14)18)13(19)7-8-6-9(16)4-5-11(8)17/h1-6,13,19H,7H2. The van der Waals surface area contributed by atoms with E-state index >= 15 is 0 Å². The van der Waals surface area contributed by atoms with E-state index in [4.69, 9.17) is 0 Å². The zero-order chi connectivity index (χ0) is 14.0. The maximum atomic E-state index is 13.5. The van der Waals surface area contributed by atoms with Crippen LogP contribution in [0, 0.1) is 17.5 Å². The van der Waals surface area contributed by atoms with Gasteiger partial charge in [-0.05, 0) is 51.3 Å². The van der Waals surface area contributed by atoms with Gasteiger partial charge in [-0.2, -0.15) is 0 Å². The SMILES string of the molecule is OC(Cc1cc(F)ccc1F)c1cccc(F)c1Br. The second-order valence-electron chi connectivity index (χ2n) is 4.10. The third-order valence-electron chi connectivity index (χ3n) is 2.76. The van der Waals surface area contributed by atoms with Crippen molar-refractivity contribution in [1.82, 2.24) is 0 Å². The molecule has 0 bridgehead atoms. The molecule has 1 atom stereocenters. The van der Waals surface area contributed by atoms with Crippen molar-refractivity contribution in [2.45, 2.75) is 12.5 Å². The lowest BCUT2D eigenvalue weighted by Crippen LogP contribution is -2.05. The predicted molar refractivity (Wildman–Crippen MR) is 69.1 cm³/mol. The van der Waals surface area contributed by atoms with E-state index in [1.165, 1.54) is 18.2 Å². The Balaban J connectivity index is 2.28. The van der Waals surface area contributed by atoms with Crippen molar-refractivity contribution in [3.63, 3.8) is 0 Å². The molecule has 0 aliphatic heterocycles. The maximum absolute atomic E-state index is 13.5. The summed E-state index contributed by atoms with van der Waals surface area (Å²) in [6, 6.07) is 7.23. The fourth-order valence-electron chi connectivity index (χ4n) is 1.80. The van der Waals surface area contributed by atoms with E-state index in [2.05, 4.69) is 15.9 Å². The van der Waals surface area contributed by atoms with Gasteiger partial charge in [-0.3, -0.25) is 0 Å². The lowest BCUT2D eigenvalue weighted by Gasteiger charge is -2.14. The normalized spacial score (nSPS) is 12.5. The lowest BCUT2D eigenvalue weighted by molar-refractivity contribution is 0.175. The molecule has 1 nitrogen and oxygen atoms in total. The quantitative estimate of drug-likeness (QED) is 0.896. The molecule has 0 radical (unpaired) electrons. The van der Waals surface area contributed by atoms with Crippen LogP contribution in [0.5, 0.6) is 0 Å². The average Bonchev–Trinajstić information content (AvgIpc) is 2.37. The monoisotopic (exact) mass is 330 g/mol. The minimum atomic E-state index is -1.12. The molecule has 0 amide bonds. The van der Waals surface area contributed by atoms with Crippen molar-refractivity contribution in [3.05, 3.63) is 69.4 Å². The zero-order valence-electron chi connectivity index (χ0n) is 9.71. The minimum absolute atomic E-state index is 0.0451. The van der Waals surface area contributed by atoms with E-state index in [1.54, 1.807) is 0 Å². The second-order valence-corrected chi connectivity index (χ2v) is 4.89. The average molecular weight is 331 g/mol. The Morgan fingerprint density at radius 3 is 2.53 bits per heavy atom. The van der Waals surface area contributed by atoms with Gasteiger partial charge in [0.2, 0.25) is 0 Å². The number of hydrogen-bond acceptors (Lipinski definition) is 1. The Bertz CT molecular complexity index is 601. The maximum Gasteiger partial charge on any atom is 0.137 e. The second kappa shape index (κ2) is 5.75. The Kier molecular flexibility index (Phi) is 4.27. The molecule has 0 spiro atoms. The first-order chi connectivity index (χ1) is 8.99. The van der Waals surface area contributed by atoms with Gasteiger partial charge in [0.25, 0.3) is 0 Å². The molecule has 2 aromatic carbocycles. The van der Waals surface area contributed by atoms with Gasteiger partial charge in [-0.25, -0.2) is 13.2 Å². The highest BCUT2D eigenvalue weighted by Crippen LogP contribution is 2.28. The predicted octanol–water partition coefficient (Wildman–Crippen LogP) is 4.14. The van der Waals surface area contributed by atoms with Gasteiger partial charge >= 0.3 is 0 Å². The van der Waals surface area contributed by atoms with Crippen LogP contribution in [0.1, 0.15) is 17.2 Å². The van der Waals surface area contributed by atoms with Gasteiger partial charge in [0.1, 0.15) is 17.5 Å². The smallest absolute Gasteiger partial charge is 0.137 e. The molecular weight excluding hydrogens is 321 g/mol. The third-order valence-corrected chi connectivity index (χ3v) is 3.60. The van der Waals surface area contributed by atoms with Crippen molar-refractivity contribution in [1.29, 1.82) is 0 Å². The molecule has 0 heterocycles. The van der Waals surface area contributed by atoms with E-state index in [1.807, 2.05) is 0 Å². The van der Waals surface area contributed by atoms with E-state index < -0.39 is 23.6 Å². The van der Waals surface area contributed by atoms with Crippen LogP contribution in [0.4, 0.5) is 13.2 Å². The Morgan fingerprint density at radius 2 is 1.79 bits per heavy atom. The summed E-state index contributed by atoms with van der Waals surface area (Å²) in [5, 5.41) is 10.0. The Hall–Kier alpha value is -1.33. The first kappa shape index (κ1) is 14.1. The molecule has 1 unspecified atom stereocenters. The molecule has 2 aromatic rings. The van der Waals surface area contributed by atoms with Crippen LogP contribution in [-0.2, 0) is 6.42 Å². The van der Waals surface area contributed by atoms with Crippen molar-refractivity contribution in [2.24, 2.45) is 0 Å². The Labute approximate surface area is 116 Å². The molecule has 0 saturated carbocycles. The number of aliphatic hydroxyl groups excluding tert-OH is 1. The number of benzene rings is 2. The number of rotatable bonds is 3. The summed E-state index contributed by atoms with van der Waals surface area (Å²) in [6.07, 6.45) is -1.26. The highest BCUT2D eigenvalue weighted by atomic mass is 79.9. The summed E-state index contributed by atoms with van der Waals surface area (Å²) in [5.41, 5.74) is 0.340. The van der Waals surface area contributed by atoms with Crippen molar-refractivity contribution in [3.8, 4) is 0 Å². The van der Waals surface area contributed by atoms with Gasteiger partial charge in [0.05, 0.1) is 10.6 Å². The van der Waals surface area contributed by atoms with Gasteiger partial charge < -0.3 is 5.11 Å². The number of halogens is 4. The molecule has 2 rings (SSSR count). The summed E-state index contributed by atoms with van der Waals surface area (Å²) in [6.45, 7) is 0. The topological polar surface area (TPSA) is 20.2 Å². The Morgan fingerprint density at radius 1 is 1.05 bits per heavy atom. The molecular formula is C14H10BrF3O. The van der Waals surface area contributed by atoms with Crippen LogP contribution >= 0.6 is 15.9 Å². The van der Waals surface area contributed by atoms with Crippen LogP contribution in [0.25, 0.3) is 0 Å². The summed E-state index contributed by atoms with van der Waals surface area (Å²) in [4.78, 5) is 0. The van der Waals surface area contributed by atoms with E-state index in [-0.39, 0.29) is 16.5 Å². The van der Waals surface area contributed by atoms with E-state index in [0.717, 1.165) is 18.2 Å². The molecule has 0 aromatic heterocycles. The van der Waals surface area contributed by atoms with E-state index in [9.17, 15) is 18.3 Å². The lowest BCUT2D eigenvalue weighted by atomic mass is 10.0. The molecule has 0 saturated heterocycles. The molecule has 5 heteroatoms. The summed E-state index contributed by atoms with van der Waals surface area (Å²) >= 11 is 3.02. The van der Waals surface area contributed by atoms with Gasteiger partial charge in [0.15, 0.2) is 0 Å². The van der Waals surface area contributed by atoms with Crippen molar-refractivity contribution < 1.29 is 18.3 Å². The van der Waals surface area contributed by atoms with Crippen LogP contribution < -0.4 is 0 Å². The van der Waals surface area contributed by atoms with Gasteiger partial charge in [0, 0.05) is 6.42 Å². The largest absolute Gasteiger partial charge is 0.388 e. The van der Waals surface area contributed by atoms with Gasteiger partial charge in [-0.15, -0.1) is 0 Å². The molecule has 19 heavy (non-hydrogen) atoms. The number of aliphatic hydroxyl groups is 1. The first-order valence-corrected chi connectivity index (χ1v) is 6.34.